The Labute approximate surface area is 201 Å². The highest BCUT2D eigenvalue weighted by molar-refractivity contribution is 5.92. The van der Waals surface area contributed by atoms with E-state index >= 15 is 0 Å². The Morgan fingerprint density at radius 3 is 2.65 bits per heavy atom. The van der Waals surface area contributed by atoms with Gasteiger partial charge in [-0.15, -0.1) is 0 Å². The fraction of sp³-hybridized carbons (Fsp3) is 0.708. The summed E-state index contributed by atoms with van der Waals surface area (Å²) in [4.78, 5) is 52.4. The van der Waals surface area contributed by atoms with Crippen LogP contribution in [0.2, 0.25) is 0 Å². The molecule has 2 saturated heterocycles. The molecule has 0 saturated carbocycles. The van der Waals surface area contributed by atoms with Gasteiger partial charge in [0.2, 0.25) is 5.91 Å². The summed E-state index contributed by atoms with van der Waals surface area (Å²) in [5.41, 5.74) is 1.02. The number of likely N-dealkylation sites (tertiary alicyclic amines) is 1. The third kappa shape index (κ3) is 7.73. The summed E-state index contributed by atoms with van der Waals surface area (Å²) in [6.45, 7) is 9.92. The van der Waals surface area contributed by atoms with Gasteiger partial charge in [0.05, 0.1) is 37.6 Å². The molecular weight excluding hydrogens is 438 g/mol. The number of carbonyl (C=O) groups excluding carboxylic acids is 3. The summed E-state index contributed by atoms with van der Waals surface area (Å²) in [6.07, 6.45) is 5.58. The van der Waals surface area contributed by atoms with E-state index in [0.717, 1.165) is 57.8 Å². The topological polar surface area (TPSA) is 105 Å². The molecular formula is C24H37N5O5. The van der Waals surface area contributed by atoms with E-state index in [1.165, 1.54) is 6.20 Å². The van der Waals surface area contributed by atoms with Gasteiger partial charge in [-0.3, -0.25) is 24.3 Å². The second-order valence-corrected chi connectivity index (χ2v) is 8.82. The van der Waals surface area contributed by atoms with Crippen LogP contribution in [-0.2, 0) is 19.1 Å². The number of piperidine rings is 1. The van der Waals surface area contributed by atoms with Crippen molar-refractivity contribution < 1.29 is 23.9 Å². The van der Waals surface area contributed by atoms with E-state index in [0.29, 0.717) is 32.8 Å². The van der Waals surface area contributed by atoms with Crippen LogP contribution in [-0.4, -0.2) is 108 Å². The smallest absolute Gasteiger partial charge is 0.310 e. The molecule has 2 aliphatic heterocycles. The number of amides is 2. The Morgan fingerprint density at radius 1 is 1.15 bits per heavy atom. The number of ether oxygens (including phenoxy) is 2. The van der Waals surface area contributed by atoms with E-state index < -0.39 is 0 Å². The van der Waals surface area contributed by atoms with Gasteiger partial charge < -0.3 is 19.3 Å². The molecule has 2 fully saturated rings. The van der Waals surface area contributed by atoms with E-state index in [1.54, 1.807) is 22.9 Å². The standard InChI is InChI=1S/C24H37N5O5/c1-3-34-24(32)20-6-4-9-29(18-20)22(30)7-11-28(10-5-8-27-12-14-33-15-13-27)23(31)21-17-25-19(2)16-26-21/h16-17,20H,3-15,18H2,1-2H3. The summed E-state index contributed by atoms with van der Waals surface area (Å²) < 4.78 is 10.5. The summed E-state index contributed by atoms with van der Waals surface area (Å²) in [5, 5.41) is 0. The minimum atomic E-state index is -0.272. The first-order chi connectivity index (χ1) is 16.5. The van der Waals surface area contributed by atoms with Gasteiger partial charge in [-0.05, 0) is 33.1 Å². The zero-order valence-corrected chi connectivity index (χ0v) is 20.4. The lowest BCUT2D eigenvalue weighted by molar-refractivity contribution is -0.151. The van der Waals surface area contributed by atoms with E-state index in [1.807, 2.05) is 6.92 Å². The van der Waals surface area contributed by atoms with Crippen LogP contribution in [0.5, 0.6) is 0 Å². The largest absolute Gasteiger partial charge is 0.466 e. The molecule has 10 nitrogen and oxygen atoms in total. The minimum absolute atomic E-state index is 0.0463. The Morgan fingerprint density at radius 2 is 1.94 bits per heavy atom. The molecule has 2 aliphatic rings. The monoisotopic (exact) mass is 475 g/mol. The fourth-order valence-electron chi connectivity index (χ4n) is 4.33. The lowest BCUT2D eigenvalue weighted by Gasteiger charge is -2.32. The summed E-state index contributed by atoms with van der Waals surface area (Å²) in [6, 6.07) is 0. The van der Waals surface area contributed by atoms with Crippen molar-refractivity contribution in [2.75, 3.05) is 65.6 Å². The van der Waals surface area contributed by atoms with Crippen molar-refractivity contribution in [1.29, 1.82) is 0 Å². The number of morpholine rings is 1. The summed E-state index contributed by atoms with van der Waals surface area (Å²) in [7, 11) is 0. The van der Waals surface area contributed by atoms with Gasteiger partial charge in [-0.1, -0.05) is 0 Å². The molecule has 0 bridgehead atoms. The first kappa shape index (κ1) is 26.0. The van der Waals surface area contributed by atoms with Crippen molar-refractivity contribution >= 4 is 17.8 Å². The van der Waals surface area contributed by atoms with Crippen LogP contribution in [0.15, 0.2) is 12.4 Å². The Kier molecular flexibility index (Phi) is 10.2. The molecule has 0 aromatic carbocycles. The highest BCUT2D eigenvalue weighted by Crippen LogP contribution is 2.19. The van der Waals surface area contributed by atoms with Gasteiger partial charge in [0.15, 0.2) is 0 Å². The number of carbonyl (C=O) groups is 3. The molecule has 34 heavy (non-hydrogen) atoms. The maximum Gasteiger partial charge on any atom is 0.310 e. The molecule has 0 spiro atoms. The van der Waals surface area contributed by atoms with Crippen molar-refractivity contribution in [1.82, 2.24) is 24.7 Å². The number of aromatic nitrogens is 2. The Hall–Kier alpha value is -2.59. The summed E-state index contributed by atoms with van der Waals surface area (Å²) >= 11 is 0. The summed E-state index contributed by atoms with van der Waals surface area (Å²) in [5.74, 6) is -0.773. The zero-order valence-electron chi connectivity index (χ0n) is 20.4. The van der Waals surface area contributed by atoms with E-state index in [9.17, 15) is 14.4 Å². The average molecular weight is 476 g/mol. The van der Waals surface area contributed by atoms with Crippen molar-refractivity contribution in [2.45, 2.75) is 39.5 Å². The normalized spacial score (nSPS) is 19.0. The van der Waals surface area contributed by atoms with Gasteiger partial charge in [-0.25, -0.2) is 4.98 Å². The fourth-order valence-corrected chi connectivity index (χ4v) is 4.33. The second-order valence-electron chi connectivity index (χ2n) is 8.82. The maximum absolute atomic E-state index is 13.1. The van der Waals surface area contributed by atoms with Crippen molar-refractivity contribution in [3.8, 4) is 0 Å². The van der Waals surface area contributed by atoms with Crippen molar-refractivity contribution in [2.24, 2.45) is 5.92 Å². The molecule has 0 aliphatic carbocycles. The van der Waals surface area contributed by atoms with Gasteiger partial charge in [-0.2, -0.15) is 0 Å². The SMILES string of the molecule is CCOC(=O)C1CCCN(C(=O)CCN(CCCN2CCOCC2)C(=O)c2cnc(C)cn2)C1. The number of hydrogen-bond acceptors (Lipinski definition) is 8. The quantitative estimate of drug-likeness (QED) is 0.464. The van der Waals surface area contributed by atoms with Crippen molar-refractivity contribution in [3.63, 3.8) is 0 Å². The lowest BCUT2D eigenvalue weighted by atomic mass is 9.98. The molecule has 1 atom stereocenters. The number of esters is 1. The van der Waals surface area contributed by atoms with Crippen LogP contribution in [0.25, 0.3) is 0 Å². The molecule has 1 aromatic heterocycles. The second kappa shape index (κ2) is 13.3. The maximum atomic E-state index is 13.1. The number of rotatable bonds is 10. The third-order valence-corrected chi connectivity index (χ3v) is 6.28. The molecule has 1 unspecified atom stereocenters. The number of aryl methyl sites for hydroxylation is 1. The number of hydrogen-bond donors (Lipinski definition) is 0. The van der Waals surface area contributed by atoms with E-state index in [-0.39, 0.29) is 35.8 Å². The van der Waals surface area contributed by atoms with Crippen LogP contribution in [0.3, 0.4) is 0 Å². The van der Waals surface area contributed by atoms with Crippen LogP contribution in [0.4, 0.5) is 0 Å². The van der Waals surface area contributed by atoms with E-state index in [4.69, 9.17) is 9.47 Å². The lowest BCUT2D eigenvalue weighted by Crippen LogP contribution is -2.44. The van der Waals surface area contributed by atoms with E-state index in [2.05, 4.69) is 14.9 Å². The number of nitrogens with zero attached hydrogens (tertiary/aromatic N) is 5. The highest BCUT2D eigenvalue weighted by atomic mass is 16.5. The molecule has 0 N–H and O–H groups in total. The predicted molar refractivity (Wildman–Crippen MR) is 125 cm³/mol. The third-order valence-electron chi connectivity index (χ3n) is 6.28. The molecule has 2 amide bonds. The van der Waals surface area contributed by atoms with Crippen LogP contribution in [0.1, 0.15) is 48.8 Å². The van der Waals surface area contributed by atoms with Gasteiger partial charge >= 0.3 is 5.97 Å². The molecule has 188 valence electrons. The van der Waals surface area contributed by atoms with Gasteiger partial charge in [0.25, 0.3) is 5.91 Å². The first-order valence-corrected chi connectivity index (χ1v) is 12.3. The molecule has 3 rings (SSSR count). The highest BCUT2D eigenvalue weighted by Gasteiger charge is 2.29. The molecule has 10 heteroatoms. The molecule has 3 heterocycles. The zero-order chi connectivity index (χ0) is 24.3. The van der Waals surface area contributed by atoms with Crippen LogP contribution in [0, 0.1) is 12.8 Å². The molecule has 0 radical (unpaired) electrons. The van der Waals surface area contributed by atoms with Gasteiger partial charge in [0.1, 0.15) is 5.69 Å². The van der Waals surface area contributed by atoms with Crippen molar-refractivity contribution in [3.05, 3.63) is 23.8 Å². The van der Waals surface area contributed by atoms with Gasteiger partial charge in [0, 0.05) is 58.4 Å². The Bertz CT molecular complexity index is 812. The molecule has 1 aromatic rings. The average Bonchev–Trinajstić information content (AvgIpc) is 2.87. The minimum Gasteiger partial charge on any atom is -0.466 e. The van der Waals surface area contributed by atoms with Crippen LogP contribution < -0.4 is 0 Å². The Balaban J connectivity index is 1.57. The predicted octanol–water partition coefficient (Wildman–Crippen LogP) is 1.14. The first-order valence-electron chi connectivity index (χ1n) is 12.3. The van der Waals surface area contributed by atoms with Crippen LogP contribution >= 0.6 is 0 Å².